The Labute approximate surface area is 227 Å². The van der Waals surface area contributed by atoms with Gasteiger partial charge in [0.05, 0.1) is 23.4 Å². The van der Waals surface area contributed by atoms with Gasteiger partial charge in [0, 0.05) is 0 Å². The number of amidine groups is 2. The maximum absolute atomic E-state index is 13.0. The maximum atomic E-state index is 13.0. The summed E-state index contributed by atoms with van der Waals surface area (Å²) in [6.45, 7) is 0.475. The molecule has 2 heterocycles. The topological polar surface area (TPSA) is 106 Å². The van der Waals surface area contributed by atoms with Crippen molar-refractivity contribution in [1.29, 1.82) is 5.41 Å². The zero-order valence-electron chi connectivity index (χ0n) is 19.3. The molecule has 2 aromatic rings. The van der Waals surface area contributed by atoms with Gasteiger partial charge in [0.25, 0.3) is 5.91 Å². The van der Waals surface area contributed by atoms with E-state index in [9.17, 15) is 18.0 Å². The molecule has 0 bridgehead atoms. The van der Waals surface area contributed by atoms with Crippen LogP contribution in [0.5, 0.6) is 23.0 Å². The third-order valence-corrected chi connectivity index (χ3v) is 6.67. The minimum Gasteiger partial charge on any atom is -0.497 e. The Morgan fingerprint density at radius 2 is 1.76 bits per heavy atom. The average Bonchev–Trinajstić information content (AvgIpc) is 3.30. The van der Waals surface area contributed by atoms with Crippen LogP contribution in [0, 0.1) is 8.98 Å². The monoisotopic (exact) mass is 646 g/mol. The van der Waals surface area contributed by atoms with Crippen LogP contribution in [-0.4, -0.2) is 60.6 Å². The van der Waals surface area contributed by atoms with E-state index in [0.717, 1.165) is 0 Å². The predicted molar refractivity (Wildman–Crippen MR) is 141 cm³/mol. The number of carbonyl (C=O) groups is 1. The zero-order valence-corrected chi connectivity index (χ0v) is 22.2. The number of thioether (sulfide) groups is 1. The molecular formula is C23H18F3IN4O5S. The van der Waals surface area contributed by atoms with Gasteiger partial charge in [-0.1, -0.05) is 0 Å². The first-order valence-electron chi connectivity index (χ1n) is 10.5. The Balaban J connectivity index is 1.48. The fourth-order valence-electron chi connectivity index (χ4n) is 3.21. The molecule has 2 aliphatic heterocycles. The van der Waals surface area contributed by atoms with Gasteiger partial charge < -0.3 is 18.9 Å². The van der Waals surface area contributed by atoms with Crippen LogP contribution in [0.4, 0.5) is 13.2 Å². The fourth-order valence-corrected chi connectivity index (χ4v) is 4.75. The Bertz CT molecular complexity index is 1330. The zero-order chi connectivity index (χ0) is 26.7. The minimum atomic E-state index is -4.71. The number of hydrazone groups is 1. The van der Waals surface area contributed by atoms with E-state index in [2.05, 4.69) is 10.1 Å². The van der Waals surface area contributed by atoms with Crippen molar-refractivity contribution in [3.8, 4) is 23.0 Å². The second-order valence-electron chi connectivity index (χ2n) is 7.33. The van der Waals surface area contributed by atoms with Gasteiger partial charge in [-0.25, -0.2) is 0 Å². The van der Waals surface area contributed by atoms with Gasteiger partial charge in [-0.05, 0) is 82.4 Å². The quantitative estimate of drug-likeness (QED) is 0.246. The normalized spacial score (nSPS) is 16.4. The molecule has 14 heteroatoms. The largest absolute Gasteiger partial charge is 0.497 e. The molecule has 0 atom stereocenters. The molecule has 2 aliphatic rings. The number of nitrogens with one attached hydrogen (secondary N) is 1. The summed E-state index contributed by atoms with van der Waals surface area (Å²) in [5, 5.41) is 10.8. The first-order valence-corrected chi connectivity index (χ1v) is 12.3. The number of methoxy groups -OCH3 is 2. The predicted octanol–water partition coefficient (Wildman–Crippen LogP) is 4.95. The molecule has 1 amide bonds. The molecule has 0 unspecified atom stereocenters. The lowest BCUT2D eigenvalue weighted by Crippen LogP contribution is -2.35. The molecule has 0 fully saturated rings. The van der Waals surface area contributed by atoms with E-state index < -0.39 is 23.0 Å². The lowest BCUT2D eigenvalue weighted by Gasteiger charge is -2.20. The first-order chi connectivity index (χ1) is 17.6. The fraction of sp³-hybridized carbons (Fsp3) is 0.217. The molecular weight excluding hydrogens is 628 g/mol. The number of hydrogen-bond acceptors (Lipinski definition) is 8. The number of ether oxygens (including phenoxy) is 4. The van der Waals surface area contributed by atoms with Crippen LogP contribution in [0.25, 0.3) is 6.08 Å². The number of aliphatic imine (C=N–C) groups is 1. The van der Waals surface area contributed by atoms with E-state index >= 15 is 0 Å². The highest BCUT2D eigenvalue weighted by Gasteiger charge is 2.46. The highest BCUT2D eigenvalue weighted by Crippen LogP contribution is 2.37. The van der Waals surface area contributed by atoms with Gasteiger partial charge >= 0.3 is 6.18 Å². The summed E-state index contributed by atoms with van der Waals surface area (Å²) >= 11 is 2.23. The number of carbonyl (C=O) groups excluding carboxylic acids is 1. The van der Waals surface area contributed by atoms with Gasteiger partial charge in [-0.3, -0.25) is 10.2 Å². The molecule has 0 saturated heterocycles. The molecule has 4 rings (SSSR count). The Morgan fingerprint density at radius 1 is 1.08 bits per heavy atom. The van der Waals surface area contributed by atoms with Crippen LogP contribution in [0.15, 0.2) is 52.1 Å². The smallest absolute Gasteiger partial charge is 0.441 e. The van der Waals surface area contributed by atoms with Crippen molar-refractivity contribution in [2.75, 3.05) is 27.4 Å². The second kappa shape index (κ2) is 11.0. The summed E-state index contributed by atoms with van der Waals surface area (Å²) in [5.74, 6) is 0.828. The van der Waals surface area contributed by atoms with Crippen molar-refractivity contribution in [3.63, 3.8) is 0 Å². The van der Waals surface area contributed by atoms with Crippen LogP contribution in [0.3, 0.4) is 0 Å². The summed E-state index contributed by atoms with van der Waals surface area (Å²) in [6.07, 6.45) is -3.37. The van der Waals surface area contributed by atoms with E-state index in [0.29, 0.717) is 37.1 Å². The molecule has 0 saturated carbocycles. The van der Waals surface area contributed by atoms with E-state index in [1.807, 2.05) is 22.6 Å². The van der Waals surface area contributed by atoms with Crippen molar-refractivity contribution < 1.29 is 36.9 Å². The molecule has 9 nitrogen and oxygen atoms in total. The maximum Gasteiger partial charge on any atom is 0.441 e. The summed E-state index contributed by atoms with van der Waals surface area (Å²) in [5.41, 5.74) is 0.248. The van der Waals surface area contributed by atoms with Crippen LogP contribution in [0.2, 0.25) is 0 Å². The van der Waals surface area contributed by atoms with E-state index in [1.165, 1.54) is 13.2 Å². The minimum absolute atomic E-state index is 0.196. The summed E-state index contributed by atoms with van der Waals surface area (Å²) in [6, 6.07) is 10.4. The average molecular weight is 646 g/mol. The van der Waals surface area contributed by atoms with Gasteiger partial charge in [-0.15, -0.1) is 0 Å². The molecule has 0 radical (unpaired) electrons. The molecule has 194 valence electrons. The van der Waals surface area contributed by atoms with Crippen LogP contribution >= 0.6 is 34.4 Å². The second-order valence-corrected chi connectivity index (χ2v) is 9.45. The molecule has 0 aromatic heterocycles. The lowest BCUT2D eigenvalue weighted by molar-refractivity contribution is -0.114. The standard InChI is InChI=1S/C23H18F3IN4O5S/c1-33-13-3-5-14(6-4-13)35-7-8-36-18-16(27)10-12(11-17(18)34-2)9-15-19(28)31-22(29-20(15)32)37-21(30-31)23(24,25)26/h3-6,9-11,28H,7-8H2,1-2H3/b15-9-,28-19?. The Kier molecular flexibility index (Phi) is 7.96. The number of hydrogen-bond donors (Lipinski definition) is 1. The number of fused-ring (bicyclic) bond motifs is 1. The number of amides is 1. The Morgan fingerprint density at radius 3 is 2.41 bits per heavy atom. The van der Waals surface area contributed by atoms with Crippen molar-refractivity contribution in [1.82, 2.24) is 5.01 Å². The van der Waals surface area contributed by atoms with Gasteiger partial charge in [-0.2, -0.15) is 28.3 Å². The summed E-state index contributed by atoms with van der Waals surface area (Å²) in [7, 11) is 3.03. The molecule has 0 aliphatic carbocycles. The third kappa shape index (κ3) is 6.01. The SMILES string of the molecule is COc1ccc(OCCOc2c(I)cc(/C=C3/C(=N)N4N=C(C(F)(F)F)SC4=NC3=O)cc2OC)cc1. The van der Waals surface area contributed by atoms with E-state index in [4.69, 9.17) is 24.4 Å². The Hall–Kier alpha value is -3.27. The molecule has 2 aromatic carbocycles. The number of benzene rings is 2. The highest BCUT2D eigenvalue weighted by molar-refractivity contribution is 14.1. The molecule has 1 N–H and O–H groups in total. The van der Waals surface area contributed by atoms with E-state index in [-0.39, 0.29) is 35.7 Å². The van der Waals surface area contributed by atoms with Crippen molar-refractivity contribution in [3.05, 3.63) is 51.1 Å². The number of halogens is 4. The van der Waals surface area contributed by atoms with Gasteiger partial charge in [0.1, 0.15) is 24.7 Å². The van der Waals surface area contributed by atoms with Crippen LogP contribution < -0.4 is 18.9 Å². The first kappa shape index (κ1) is 26.8. The third-order valence-electron chi connectivity index (χ3n) is 4.92. The van der Waals surface area contributed by atoms with E-state index in [1.54, 1.807) is 43.5 Å². The van der Waals surface area contributed by atoms with Gasteiger partial charge in [0.15, 0.2) is 17.3 Å². The van der Waals surface area contributed by atoms with Crippen molar-refractivity contribution in [2.45, 2.75) is 6.18 Å². The van der Waals surface area contributed by atoms with Crippen LogP contribution in [-0.2, 0) is 4.79 Å². The van der Waals surface area contributed by atoms with Crippen molar-refractivity contribution in [2.24, 2.45) is 10.1 Å². The number of rotatable bonds is 8. The molecule has 37 heavy (non-hydrogen) atoms. The lowest BCUT2D eigenvalue weighted by atomic mass is 10.1. The number of nitrogens with zero attached hydrogens (tertiary/aromatic N) is 3. The summed E-state index contributed by atoms with van der Waals surface area (Å²) in [4.78, 5) is 16.2. The number of alkyl halides is 3. The highest BCUT2D eigenvalue weighted by atomic mass is 127. The van der Waals surface area contributed by atoms with Crippen molar-refractivity contribution >= 4 is 62.4 Å². The van der Waals surface area contributed by atoms with Crippen LogP contribution in [0.1, 0.15) is 5.56 Å². The van der Waals surface area contributed by atoms with Gasteiger partial charge in [0.2, 0.25) is 10.2 Å². The molecule has 0 spiro atoms. The summed E-state index contributed by atoms with van der Waals surface area (Å²) < 4.78 is 61.7.